The normalized spacial score (nSPS) is 10.8. The van der Waals surface area contributed by atoms with Crippen LogP contribution in [0.15, 0.2) is 64.3 Å². The molecule has 0 fully saturated rings. The average Bonchev–Trinajstić information content (AvgIpc) is 3.36. The quantitative estimate of drug-likeness (QED) is 0.484. The predicted octanol–water partition coefficient (Wildman–Crippen LogP) is 3.71. The Morgan fingerprint density at radius 3 is 2.86 bits per heavy atom. The van der Waals surface area contributed by atoms with Gasteiger partial charge < -0.3 is 9.73 Å². The van der Waals surface area contributed by atoms with Crippen molar-refractivity contribution < 1.29 is 13.6 Å². The van der Waals surface area contributed by atoms with E-state index >= 15 is 0 Å². The highest BCUT2D eigenvalue weighted by Crippen LogP contribution is 2.26. The van der Waals surface area contributed by atoms with Gasteiger partial charge in [0.15, 0.2) is 5.76 Å². The molecule has 8 nitrogen and oxygen atoms in total. The molecule has 0 atom stereocenters. The Morgan fingerprint density at radius 2 is 2.07 bits per heavy atom. The lowest BCUT2D eigenvalue weighted by Crippen LogP contribution is -2.07. The summed E-state index contributed by atoms with van der Waals surface area (Å²) in [4.78, 5) is 15.5. The van der Waals surface area contributed by atoms with Gasteiger partial charge in [0, 0.05) is 18.2 Å². The van der Waals surface area contributed by atoms with E-state index in [1.807, 2.05) is 6.07 Å². The number of halogens is 1. The Hall–Kier alpha value is -3.53. The lowest BCUT2D eigenvalue weighted by atomic mass is 10.2. The Balaban J connectivity index is 1.48. The molecular weight excluding hydrogens is 395 g/mol. The molecule has 0 saturated carbocycles. The maximum Gasteiger partial charge on any atom is 0.221 e. The van der Waals surface area contributed by atoms with Crippen molar-refractivity contribution in [3.8, 4) is 17.0 Å². The van der Waals surface area contributed by atoms with Crippen LogP contribution in [0.2, 0.25) is 0 Å². The lowest BCUT2D eigenvalue weighted by molar-refractivity contribution is -0.114. The van der Waals surface area contributed by atoms with Crippen LogP contribution in [0.25, 0.3) is 17.0 Å². The zero-order valence-electron chi connectivity index (χ0n) is 15.2. The highest BCUT2D eigenvalue weighted by atomic mass is 32.2. The van der Waals surface area contributed by atoms with E-state index in [2.05, 4.69) is 25.8 Å². The first kappa shape index (κ1) is 18.8. The second-order valence-corrected chi connectivity index (χ2v) is 6.96. The molecule has 1 amide bonds. The summed E-state index contributed by atoms with van der Waals surface area (Å²) in [6, 6.07) is 13.2. The van der Waals surface area contributed by atoms with Gasteiger partial charge in [-0.15, -0.1) is 5.10 Å². The number of benzene rings is 2. The van der Waals surface area contributed by atoms with Gasteiger partial charge in [0.25, 0.3) is 0 Å². The van der Waals surface area contributed by atoms with E-state index in [0.29, 0.717) is 33.9 Å². The molecule has 0 saturated heterocycles. The van der Waals surface area contributed by atoms with E-state index in [9.17, 15) is 9.18 Å². The Bertz CT molecular complexity index is 1140. The van der Waals surface area contributed by atoms with Crippen LogP contribution in [0.1, 0.15) is 12.8 Å². The van der Waals surface area contributed by atoms with E-state index in [1.165, 1.54) is 30.8 Å². The van der Waals surface area contributed by atoms with Crippen molar-refractivity contribution in [1.82, 2.24) is 25.2 Å². The molecule has 0 spiro atoms. The van der Waals surface area contributed by atoms with Crippen LogP contribution in [0.3, 0.4) is 0 Å². The average molecular weight is 410 g/mol. The molecule has 146 valence electrons. The van der Waals surface area contributed by atoms with Crippen LogP contribution < -0.4 is 5.32 Å². The molecule has 0 unspecified atom stereocenters. The first-order chi connectivity index (χ1) is 14.1. The number of nitrogens with one attached hydrogen (secondary N) is 1. The molecule has 2 aromatic heterocycles. The maximum absolute atomic E-state index is 13.1. The molecule has 0 aliphatic heterocycles. The van der Waals surface area contributed by atoms with Gasteiger partial charge in [-0.05, 0) is 52.9 Å². The number of amides is 1. The topological polar surface area (TPSA) is 98.7 Å². The minimum absolute atomic E-state index is 0.158. The number of hydrogen-bond donors (Lipinski definition) is 1. The smallest absolute Gasteiger partial charge is 0.221 e. The molecule has 29 heavy (non-hydrogen) atoms. The molecule has 2 aromatic carbocycles. The number of carbonyl (C=O) groups is 1. The number of thioether (sulfide) groups is 1. The standard InChI is InChI=1S/C19H15FN6O2S/c1-12(27)22-15-3-2-4-16(9-15)26-19(23-24-25-26)29-11-18-21-10-17(28-18)13-5-7-14(20)8-6-13/h2-10H,11H2,1H3,(H,22,27). The van der Waals surface area contributed by atoms with Crippen molar-refractivity contribution in [2.24, 2.45) is 0 Å². The monoisotopic (exact) mass is 410 g/mol. The van der Waals surface area contributed by atoms with Crippen LogP contribution in [-0.2, 0) is 10.5 Å². The molecule has 0 aliphatic rings. The van der Waals surface area contributed by atoms with Gasteiger partial charge in [-0.25, -0.2) is 9.37 Å². The third kappa shape index (κ3) is 4.49. The van der Waals surface area contributed by atoms with E-state index < -0.39 is 0 Å². The first-order valence-corrected chi connectivity index (χ1v) is 9.57. The van der Waals surface area contributed by atoms with Crippen molar-refractivity contribution in [1.29, 1.82) is 0 Å². The minimum Gasteiger partial charge on any atom is -0.440 e. The number of aromatic nitrogens is 5. The van der Waals surface area contributed by atoms with Crippen molar-refractivity contribution in [2.75, 3.05) is 5.32 Å². The number of carbonyl (C=O) groups excluding carboxylic acids is 1. The van der Waals surface area contributed by atoms with Gasteiger partial charge in [-0.3, -0.25) is 4.79 Å². The van der Waals surface area contributed by atoms with Crippen molar-refractivity contribution in [3.63, 3.8) is 0 Å². The third-order valence-electron chi connectivity index (χ3n) is 3.86. The van der Waals surface area contributed by atoms with Gasteiger partial charge >= 0.3 is 0 Å². The number of tetrazole rings is 1. The highest BCUT2D eigenvalue weighted by molar-refractivity contribution is 7.98. The maximum atomic E-state index is 13.1. The predicted molar refractivity (Wildman–Crippen MR) is 105 cm³/mol. The van der Waals surface area contributed by atoms with Gasteiger partial charge in [-0.1, -0.05) is 17.8 Å². The SMILES string of the molecule is CC(=O)Nc1cccc(-n2nnnc2SCc2ncc(-c3ccc(F)cc3)o2)c1. The minimum atomic E-state index is -0.307. The molecular formula is C19H15FN6O2S. The Morgan fingerprint density at radius 1 is 1.24 bits per heavy atom. The Kier molecular flexibility index (Phi) is 5.34. The van der Waals surface area contributed by atoms with E-state index in [4.69, 9.17) is 4.42 Å². The molecule has 0 aliphatic carbocycles. The first-order valence-electron chi connectivity index (χ1n) is 8.58. The number of oxazole rings is 1. The summed E-state index contributed by atoms with van der Waals surface area (Å²) in [5.41, 5.74) is 2.11. The molecule has 2 heterocycles. The molecule has 0 radical (unpaired) electrons. The van der Waals surface area contributed by atoms with Crippen molar-refractivity contribution >= 4 is 23.4 Å². The molecule has 4 aromatic rings. The van der Waals surface area contributed by atoms with E-state index in [0.717, 1.165) is 5.56 Å². The second-order valence-electron chi connectivity index (χ2n) is 6.02. The van der Waals surface area contributed by atoms with Crippen LogP contribution in [0.5, 0.6) is 0 Å². The van der Waals surface area contributed by atoms with Gasteiger partial charge in [0.2, 0.25) is 17.0 Å². The number of anilines is 1. The van der Waals surface area contributed by atoms with Crippen LogP contribution >= 0.6 is 11.8 Å². The third-order valence-corrected chi connectivity index (χ3v) is 4.76. The number of rotatable bonds is 6. The fourth-order valence-electron chi connectivity index (χ4n) is 2.60. The summed E-state index contributed by atoms with van der Waals surface area (Å²) in [6.07, 6.45) is 1.60. The van der Waals surface area contributed by atoms with Gasteiger partial charge in [0.1, 0.15) is 5.82 Å². The molecule has 10 heteroatoms. The zero-order valence-corrected chi connectivity index (χ0v) is 16.1. The van der Waals surface area contributed by atoms with Crippen LogP contribution in [0, 0.1) is 5.82 Å². The summed E-state index contributed by atoms with van der Waals surface area (Å²) >= 11 is 1.36. The fraction of sp³-hybridized carbons (Fsp3) is 0.105. The second kappa shape index (κ2) is 8.23. The van der Waals surface area contributed by atoms with Gasteiger partial charge in [0.05, 0.1) is 17.6 Å². The van der Waals surface area contributed by atoms with Crippen molar-refractivity contribution in [2.45, 2.75) is 17.8 Å². The number of nitrogens with zero attached hydrogens (tertiary/aromatic N) is 5. The zero-order chi connectivity index (χ0) is 20.2. The van der Waals surface area contributed by atoms with E-state index in [-0.39, 0.29) is 11.7 Å². The van der Waals surface area contributed by atoms with Crippen molar-refractivity contribution in [3.05, 3.63) is 66.4 Å². The summed E-state index contributed by atoms with van der Waals surface area (Å²) < 4.78 is 20.4. The molecule has 4 rings (SSSR count). The largest absolute Gasteiger partial charge is 0.440 e. The molecule has 1 N–H and O–H groups in total. The summed E-state index contributed by atoms with van der Waals surface area (Å²) in [7, 11) is 0. The fourth-order valence-corrected chi connectivity index (χ4v) is 3.35. The van der Waals surface area contributed by atoms with Crippen LogP contribution in [0.4, 0.5) is 10.1 Å². The summed E-state index contributed by atoms with van der Waals surface area (Å²) in [5.74, 6) is 0.999. The lowest BCUT2D eigenvalue weighted by Gasteiger charge is -2.06. The van der Waals surface area contributed by atoms with Gasteiger partial charge in [-0.2, -0.15) is 4.68 Å². The van der Waals surface area contributed by atoms with E-state index in [1.54, 1.807) is 41.2 Å². The summed E-state index contributed by atoms with van der Waals surface area (Å²) in [6.45, 7) is 1.45. The molecule has 0 bridgehead atoms. The summed E-state index contributed by atoms with van der Waals surface area (Å²) in [5, 5.41) is 15.1. The number of hydrogen-bond acceptors (Lipinski definition) is 7. The highest BCUT2D eigenvalue weighted by Gasteiger charge is 2.13. The van der Waals surface area contributed by atoms with Crippen LogP contribution in [-0.4, -0.2) is 31.1 Å². The Labute approximate surface area is 169 Å².